The van der Waals surface area contributed by atoms with Crippen LogP contribution < -0.4 is 5.32 Å². The normalized spacial score (nSPS) is 11.9. The molecule has 1 N–H and O–H groups in total. The van der Waals surface area contributed by atoms with Crippen LogP contribution in [0.2, 0.25) is 0 Å². The van der Waals surface area contributed by atoms with E-state index < -0.39 is 4.92 Å². The van der Waals surface area contributed by atoms with Crippen LogP contribution in [0.25, 0.3) is 0 Å². The topological polar surface area (TPSA) is 72.2 Å². The average Bonchev–Trinajstić information content (AvgIpc) is 2.30. The lowest BCUT2D eigenvalue weighted by Crippen LogP contribution is -2.22. The fraction of sp³-hybridized carbons (Fsp3) is 0.300. The van der Waals surface area contributed by atoms with Crippen LogP contribution in [0.5, 0.6) is 0 Å². The van der Waals surface area contributed by atoms with Crippen LogP contribution in [-0.4, -0.2) is 15.7 Å². The van der Waals surface area contributed by atoms with Crippen LogP contribution in [0.15, 0.2) is 22.7 Å². The summed E-state index contributed by atoms with van der Waals surface area (Å²) < 4.78 is 0.604. The number of rotatable bonds is 4. The Hall–Kier alpha value is -0.950. The number of alkyl halides is 1. The maximum absolute atomic E-state index is 11.6. The van der Waals surface area contributed by atoms with Gasteiger partial charge in [0.15, 0.2) is 0 Å². The molecule has 0 saturated carbocycles. The summed E-state index contributed by atoms with van der Waals surface area (Å²) in [5, 5.41) is 13.2. The number of nitrogens with one attached hydrogen (secondary N) is 1. The molecular formula is C10H10Br2N2O3. The minimum atomic E-state index is -0.506. The number of hydrogen-bond donors (Lipinski definition) is 1. The van der Waals surface area contributed by atoms with Crippen LogP contribution >= 0.6 is 31.9 Å². The van der Waals surface area contributed by atoms with Gasteiger partial charge in [0.05, 0.1) is 15.4 Å². The minimum absolute atomic E-state index is 0.0638. The molecule has 1 aromatic rings. The van der Waals surface area contributed by atoms with E-state index in [0.29, 0.717) is 16.6 Å². The number of carbonyl (C=O) groups excluding carboxylic acids is 1. The van der Waals surface area contributed by atoms with Gasteiger partial charge in [0, 0.05) is 16.6 Å². The van der Waals surface area contributed by atoms with Crippen molar-refractivity contribution < 1.29 is 9.72 Å². The zero-order chi connectivity index (χ0) is 13.0. The summed E-state index contributed by atoms with van der Waals surface area (Å²) in [4.78, 5) is 21.4. The molecule has 0 fully saturated rings. The first-order chi connectivity index (χ1) is 7.95. The summed E-state index contributed by atoms with van der Waals surface area (Å²) in [6.07, 6.45) is 0.637. The van der Waals surface area contributed by atoms with Crippen molar-refractivity contribution in [3.8, 4) is 0 Å². The van der Waals surface area contributed by atoms with E-state index >= 15 is 0 Å². The fourth-order valence-corrected chi connectivity index (χ4v) is 1.58. The monoisotopic (exact) mass is 364 g/mol. The number of non-ortho nitro benzene ring substituents is 1. The Labute approximate surface area is 115 Å². The van der Waals surface area contributed by atoms with E-state index in [1.165, 1.54) is 18.2 Å². The molecule has 0 aliphatic rings. The van der Waals surface area contributed by atoms with Crippen molar-refractivity contribution in [3.05, 3.63) is 32.8 Å². The van der Waals surface area contributed by atoms with Crippen molar-refractivity contribution >= 4 is 49.1 Å². The molecule has 0 radical (unpaired) electrons. The highest BCUT2D eigenvalue weighted by Gasteiger charge is 2.16. The number of benzene rings is 1. The van der Waals surface area contributed by atoms with Gasteiger partial charge in [-0.2, -0.15) is 0 Å². The number of nitrogens with zero attached hydrogens (tertiary/aromatic N) is 1. The molecule has 0 spiro atoms. The molecule has 0 aromatic heterocycles. The highest BCUT2D eigenvalue weighted by atomic mass is 79.9. The van der Waals surface area contributed by atoms with Gasteiger partial charge in [-0.05, 0) is 28.4 Å². The largest absolute Gasteiger partial charge is 0.324 e. The number of carbonyl (C=O) groups is 1. The lowest BCUT2D eigenvalue weighted by Gasteiger charge is -2.10. The molecule has 17 heavy (non-hydrogen) atoms. The smallest absolute Gasteiger partial charge is 0.271 e. The highest BCUT2D eigenvalue weighted by molar-refractivity contribution is 9.10. The van der Waals surface area contributed by atoms with Gasteiger partial charge in [-0.25, -0.2) is 0 Å². The predicted octanol–water partition coefficient (Wildman–Crippen LogP) is 3.47. The molecule has 0 bridgehead atoms. The first kappa shape index (κ1) is 14.1. The molecule has 1 rings (SSSR count). The van der Waals surface area contributed by atoms with E-state index in [1.54, 1.807) is 0 Å². The fourth-order valence-electron chi connectivity index (χ4n) is 1.12. The van der Waals surface area contributed by atoms with Crippen LogP contribution in [0.1, 0.15) is 13.3 Å². The standard InChI is InChI=1S/C10H10Br2N2O3/c1-2-7(11)10(15)13-9-5-6(14(16)17)3-4-8(9)12/h3-5,7H,2H2,1H3,(H,13,15). The molecule has 5 nitrogen and oxygen atoms in total. The molecule has 0 heterocycles. The van der Waals surface area contributed by atoms with Gasteiger partial charge in [-0.1, -0.05) is 22.9 Å². The van der Waals surface area contributed by atoms with E-state index in [2.05, 4.69) is 37.2 Å². The molecule has 92 valence electrons. The van der Waals surface area contributed by atoms with E-state index in [4.69, 9.17) is 0 Å². The predicted molar refractivity (Wildman–Crippen MR) is 72.4 cm³/mol. The molecule has 0 aliphatic carbocycles. The van der Waals surface area contributed by atoms with E-state index in [1.807, 2.05) is 6.92 Å². The van der Waals surface area contributed by atoms with Gasteiger partial charge < -0.3 is 5.32 Å². The first-order valence-corrected chi connectivity index (χ1v) is 6.55. The zero-order valence-electron chi connectivity index (χ0n) is 8.94. The molecule has 1 atom stereocenters. The number of anilines is 1. The van der Waals surface area contributed by atoms with Crippen LogP contribution in [-0.2, 0) is 4.79 Å². The van der Waals surface area contributed by atoms with Gasteiger partial charge in [0.25, 0.3) is 5.69 Å². The maximum Gasteiger partial charge on any atom is 0.271 e. The van der Waals surface area contributed by atoms with Gasteiger partial charge in [-0.15, -0.1) is 0 Å². The summed E-state index contributed by atoms with van der Waals surface area (Å²) in [5.74, 6) is -0.228. The van der Waals surface area contributed by atoms with Crippen molar-refractivity contribution in [1.29, 1.82) is 0 Å². The number of hydrogen-bond acceptors (Lipinski definition) is 3. The SMILES string of the molecule is CCC(Br)C(=O)Nc1cc([N+](=O)[O-])ccc1Br. The van der Waals surface area contributed by atoms with Crippen molar-refractivity contribution in [1.82, 2.24) is 0 Å². The van der Waals surface area contributed by atoms with E-state index in [9.17, 15) is 14.9 Å². The summed E-state index contributed by atoms with van der Waals surface area (Å²) >= 11 is 6.44. The van der Waals surface area contributed by atoms with E-state index in [-0.39, 0.29) is 16.4 Å². The summed E-state index contributed by atoms with van der Waals surface area (Å²) in [5.41, 5.74) is 0.327. The minimum Gasteiger partial charge on any atom is -0.324 e. The summed E-state index contributed by atoms with van der Waals surface area (Å²) in [6.45, 7) is 1.86. The lowest BCUT2D eigenvalue weighted by molar-refractivity contribution is -0.384. The van der Waals surface area contributed by atoms with Crippen LogP contribution in [0, 0.1) is 10.1 Å². The van der Waals surface area contributed by atoms with Gasteiger partial charge in [0.1, 0.15) is 0 Å². The van der Waals surface area contributed by atoms with Crippen LogP contribution in [0.3, 0.4) is 0 Å². The Morgan fingerprint density at radius 1 is 1.59 bits per heavy atom. The summed E-state index contributed by atoms with van der Waals surface area (Å²) in [7, 11) is 0. The third-order valence-corrected chi connectivity index (χ3v) is 3.82. The third kappa shape index (κ3) is 3.78. The van der Waals surface area contributed by atoms with Crippen molar-refractivity contribution in [2.45, 2.75) is 18.2 Å². The molecule has 7 heteroatoms. The average molecular weight is 366 g/mol. The van der Waals surface area contributed by atoms with Crippen molar-refractivity contribution in [2.75, 3.05) is 5.32 Å². The Morgan fingerprint density at radius 3 is 2.76 bits per heavy atom. The number of halogens is 2. The molecule has 0 aliphatic heterocycles. The molecule has 1 aromatic carbocycles. The second-order valence-corrected chi connectivity index (χ2v) is 5.25. The Morgan fingerprint density at radius 2 is 2.24 bits per heavy atom. The number of nitro groups is 1. The third-order valence-electron chi connectivity index (χ3n) is 2.06. The lowest BCUT2D eigenvalue weighted by atomic mass is 10.2. The van der Waals surface area contributed by atoms with Gasteiger partial charge >= 0.3 is 0 Å². The summed E-state index contributed by atoms with van der Waals surface area (Å²) in [6, 6.07) is 4.21. The molecule has 0 saturated heterocycles. The Bertz CT molecular complexity index is 451. The van der Waals surface area contributed by atoms with Crippen LogP contribution in [0.4, 0.5) is 11.4 Å². The number of nitro benzene ring substituents is 1. The highest BCUT2D eigenvalue weighted by Crippen LogP contribution is 2.27. The van der Waals surface area contributed by atoms with Crippen molar-refractivity contribution in [2.24, 2.45) is 0 Å². The molecule has 1 amide bonds. The number of amides is 1. The second kappa shape index (κ2) is 6.11. The van der Waals surface area contributed by atoms with E-state index in [0.717, 1.165) is 0 Å². The van der Waals surface area contributed by atoms with Gasteiger partial charge in [0.2, 0.25) is 5.91 Å². The van der Waals surface area contributed by atoms with Gasteiger partial charge in [-0.3, -0.25) is 14.9 Å². The second-order valence-electron chi connectivity index (χ2n) is 3.29. The quantitative estimate of drug-likeness (QED) is 0.504. The Balaban J connectivity index is 2.94. The Kier molecular flexibility index (Phi) is 5.07. The molecular weight excluding hydrogens is 356 g/mol. The van der Waals surface area contributed by atoms with Crippen molar-refractivity contribution in [3.63, 3.8) is 0 Å². The first-order valence-electron chi connectivity index (χ1n) is 4.84. The molecule has 1 unspecified atom stereocenters. The zero-order valence-corrected chi connectivity index (χ0v) is 12.1. The maximum atomic E-state index is 11.6.